The number of ketones is 1. The fraction of sp³-hybridized carbons (Fsp3) is 0.571. The van der Waals surface area contributed by atoms with Gasteiger partial charge in [0, 0.05) is 12.1 Å². The summed E-state index contributed by atoms with van der Waals surface area (Å²) in [4.78, 5) is 36.9. The number of hydrogen-bond donors (Lipinski definition) is 1. The first-order valence-corrected chi connectivity index (χ1v) is 9.53. The topological polar surface area (TPSA) is 81.7 Å². The Balaban J connectivity index is 1.67. The van der Waals surface area contributed by atoms with Crippen LogP contribution in [0.15, 0.2) is 18.2 Å². The Morgan fingerprint density at radius 1 is 1.26 bits per heavy atom. The summed E-state index contributed by atoms with van der Waals surface area (Å²) in [6.07, 6.45) is 4.04. The molecule has 2 unspecified atom stereocenters. The van der Waals surface area contributed by atoms with Crippen molar-refractivity contribution in [3.05, 3.63) is 29.3 Å². The number of esters is 1. The van der Waals surface area contributed by atoms with Crippen molar-refractivity contribution >= 4 is 17.7 Å². The van der Waals surface area contributed by atoms with Crippen molar-refractivity contribution in [2.24, 2.45) is 11.8 Å². The first-order chi connectivity index (χ1) is 12.8. The van der Waals surface area contributed by atoms with Gasteiger partial charge in [-0.2, -0.15) is 0 Å². The fourth-order valence-corrected chi connectivity index (χ4v) is 4.03. The summed E-state index contributed by atoms with van der Waals surface area (Å²) in [5, 5.41) is 2.92. The van der Waals surface area contributed by atoms with E-state index in [1.54, 1.807) is 18.2 Å². The monoisotopic (exact) mass is 373 g/mol. The van der Waals surface area contributed by atoms with Crippen LogP contribution in [0.5, 0.6) is 5.75 Å². The highest BCUT2D eigenvalue weighted by Crippen LogP contribution is 2.34. The summed E-state index contributed by atoms with van der Waals surface area (Å²) in [5.41, 5.74) is 0.348. The van der Waals surface area contributed by atoms with Crippen LogP contribution in [0.4, 0.5) is 0 Å². The van der Waals surface area contributed by atoms with Crippen LogP contribution in [-0.4, -0.2) is 36.9 Å². The zero-order chi connectivity index (χ0) is 19.6. The predicted molar refractivity (Wildman–Crippen MR) is 99.9 cm³/mol. The number of fused-ring (bicyclic) bond motifs is 1. The molecule has 0 radical (unpaired) electrons. The van der Waals surface area contributed by atoms with Crippen LogP contribution < -0.4 is 10.1 Å². The van der Waals surface area contributed by atoms with Gasteiger partial charge in [-0.15, -0.1) is 0 Å². The van der Waals surface area contributed by atoms with E-state index in [1.165, 1.54) is 7.11 Å². The number of benzene rings is 1. The molecular formula is C21H27NO5. The van der Waals surface area contributed by atoms with E-state index in [-0.39, 0.29) is 35.9 Å². The summed E-state index contributed by atoms with van der Waals surface area (Å²) >= 11 is 0. The lowest BCUT2D eigenvalue weighted by Gasteiger charge is -2.31. The van der Waals surface area contributed by atoms with E-state index in [1.807, 2.05) is 13.8 Å². The van der Waals surface area contributed by atoms with Gasteiger partial charge in [0.1, 0.15) is 11.4 Å². The van der Waals surface area contributed by atoms with Crippen LogP contribution in [0, 0.1) is 11.8 Å². The summed E-state index contributed by atoms with van der Waals surface area (Å²) in [6.45, 7) is 4.17. The minimum atomic E-state index is -0.530. The van der Waals surface area contributed by atoms with Crippen LogP contribution in [0.1, 0.15) is 66.7 Å². The zero-order valence-corrected chi connectivity index (χ0v) is 16.2. The lowest BCUT2D eigenvalue weighted by Crippen LogP contribution is -2.38. The van der Waals surface area contributed by atoms with E-state index >= 15 is 0 Å². The van der Waals surface area contributed by atoms with Crippen molar-refractivity contribution in [1.82, 2.24) is 5.32 Å². The minimum Gasteiger partial charge on any atom is -0.487 e. The maximum absolute atomic E-state index is 12.6. The molecule has 1 saturated carbocycles. The molecule has 0 bridgehead atoms. The zero-order valence-electron chi connectivity index (χ0n) is 16.2. The number of ether oxygens (including phenoxy) is 2. The van der Waals surface area contributed by atoms with Crippen molar-refractivity contribution < 1.29 is 23.9 Å². The standard InChI is InChI=1S/C21H27NO5/c1-21(2)11-17(23)16-10-13(8-9-18(16)27-21)19(24)22-12-14-6-4-5-7-15(14)20(25)26-3/h8-10,14-15H,4-7,11-12H2,1-3H3,(H,22,24). The van der Waals surface area contributed by atoms with Gasteiger partial charge in [0.15, 0.2) is 5.78 Å². The first kappa shape index (κ1) is 19.4. The summed E-state index contributed by atoms with van der Waals surface area (Å²) in [5.74, 6) is -0.0270. The van der Waals surface area contributed by atoms with E-state index in [2.05, 4.69) is 5.32 Å². The van der Waals surface area contributed by atoms with Crippen molar-refractivity contribution in [2.75, 3.05) is 13.7 Å². The molecule has 1 aliphatic heterocycles. The molecule has 1 amide bonds. The molecule has 1 aromatic rings. The fourth-order valence-electron chi connectivity index (χ4n) is 4.03. The molecular weight excluding hydrogens is 346 g/mol. The number of carbonyl (C=O) groups excluding carboxylic acids is 3. The molecule has 27 heavy (non-hydrogen) atoms. The third kappa shape index (κ3) is 4.31. The van der Waals surface area contributed by atoms with Gasteiger partial charge in [-0.25, -0.2) is 0 Å². The van der Waals surface area contributed by atoms with Crippen LogP contribution in [0.25, 0.3) is 0 Å². The average molecular weight is 373 g/mol. The molecule has 3 rings (SSSR count). The number of rotatable bonds is 4. The van der Waals surface area contributed by atoms with Gasteiger partial charge >= 0.3 is 5.97 Å². The van der Waals surface area contributed by atoms with Gasteiger partial charge in [0.05, 0.1) is 25.0 Å². The van der Waals surface area contributed by atoms with E-state index in [9.17, 15) is 14.4 Å². The Hall–Kier alpha value is -2.37. The van der Waals surface area contributed by atoms with Crippen LogP contribution in [0.2, 0.25) is 0 Å². The molecule has 1 fully saturated rings. The van der Waals surface area contributed by atoms with E-state index in [4.69, 9.17) is 9.47 Å². The van der Waals surface area contributed by atoms with Crippen LogP contribution in [-0.2, 0) is 9.53 Å². The summed E-state index contributed by atoms with van der Waals surface area (Å²) < 4.78 is 10.7. The first-order valence-electron chi connectivity index (χ1n) is 9.53. The average Bonchev–Trinajstić information content (AvgIpc) is 2.64. The Morgan fingerprint density at radius 2 is 2.00 bits per heavy atom. The Bertz CT molecular complexity index is 755. The second kappa shape index (κ2) is 7.71. The van der Waals surface area contributed by atoms with Gasteiger partial charge < -0.3 is 14.8 Å². The summed E-state index contributed by atoms with van der Waals surface area (Å²) in [6, 6.07) is 4.95. The third-order valence-electron chi connectivity index (χ3n) is 5.45. The quantitative estimate of drug-likeness (QED) is 0.820. The molecule has 0 aromatic heterocycles. The summed E-state index contributed by atoms with van der Waals surface area (Å²) in [7, 11) is 1.40. The Labute approximate surface area is 159 Å². The molecule has 1 heterocycles. The molecule has 1 aliphatic carbocycles. The maximum Gasteiger partial charge on any atom is 0.309 e. The van der Waals surface area contributed by atoms with Gasteiger partial charge in [-0.05, 0) is 50.8 Å². The number of Topliss-reactive ketones (excluding diaryl/α,β-unsaturated/α-hetero) is 1. The number of hydrogen-bond acceptors (Lipinski definition) is 5. The van der Waals surface area contributed by atoms with Gasteiger partial charge in [-0.1, -0.05) is 12.8 Å². The number of methoxy groups -OCH3 is 1. The second-order valence-corrected chi connectivity index (χ2v) is 8.06. The largest absolute Gasteiger partial charge is 0.487 e. The Kier molecular flexibility index (Phi) is 5.53. The highest BCUT2D eigenvalue weighted by molar-refractivity contribution is 6.03. The minimum absolute atomic E-state index is 0.0195. The number of nitrogens with one attached hydrogen (secondary N) is 1. The lowest BCUT2D eigenvalue weighted by atomic mass is 9.79. The highest BCUT2D eigenvalue weighted by atomic mass is 16.5. The van der Waals surface area contributed by atoms with Crippen LogP contribution >= 0.6 is 0 Å². The van der Waals surface area contributed by atoms with Gasteiger partial charge in [0.2, 0.25) is 0 Å². The van der Waals surface area contributed by atoms with Crippen molar-refractivity contribution in [2.45, 2.75) is 51.6 Å². The van der Waals surface area contributed by atoms with Crippen molar-refractivity contribution in [1.29, 1.82) is 0 Å². The predicted octanol–water partition coefficient (Wildman–Crippen LogP) is 3.14. The Morgan fingerprint density at radius 3 is 2.74 bits per heavy atom. The number of amides is 1. The molecule has 2 atom stereocenters. The third-order valence-corrected chi connectivity index (χ3v) is 5.45. The smallest absolute Gasteiger partial charge is 0.309 e. The maximum atomic E-state index is 12.6. The molecule has 2 aliphatic rings. The van der Waals surface area contributed by atoms with Crippen molar-refractivity contribution in [3.8, 4) is 5.75 Å². The molecule has 6 heteroatoms. The molecule has 1 N–H and O–H groups in total. The highest BCUT2D eigenvalue weighted by Gasteiger charge is 2.34. The van der Waals surface area contributed by atoms with Gasteiger partial charge in [0.25, 0.3) is 5.91 Å². The molecule has 146 valence electrons. The van der Waals surface area contributed by atoms with Crippen molar-refractivity contribution in [3.63, 3.8) is 0 Å². The molecule has 0 saturated heterocycles. The van der Waals surface area contributed by atoms with E-state index < -0.39 is 5.60 Å². The molecule has 6 nitrogen and oxygen atoms in total. The van der Waals surface area contributed by atoms with E-state index in [0.717, 1.165) is 25.7 Å². The van der Waals surface area contributed by atoms with Crippen LogP contribution in [0.3, 0.4) is 0 Å². The van der Waals surface area contributed by atoms with Gasteiger partial charge in [-0.3, -0.25) is 14.4 Å². The lowest BCUT2D eigenvalue weighted by molar-refractivity contribution is -0.148. The molecule has 0 spiro atoms. The van der Waals surface area contributed by atoms with E-state index in [0.29, 0.717) is 23.4 Å². The normalized spacial score (nSPS) is 23.7. The second-order valence-electron chi connectivity index (χ2n) is 8.06. The molecule has 1 aromatic carbocycles. The number of carbonyl (C=O) groups is 3. The SMILES string of the molecule is COC(=O)C1CCCCC1CNC(=O)c1ccc2c(c1)C(=O)CC(C)(C)O2.